The molecule has 0 fully saturated rings. The number of rotatable bonds is 7. The first kappa shape index (κ1) is 25.9. The van der Waals surface area contributed by atoms with Crippen molar-refractivity contribution in [1.82, 2.24) is 15.1 Å². The van der Waals surface area contributed by atoms with E-state index >= 15 is 0 Å². The summed E-state index contributed by atoms with van der Waals surface area (Å²) in [7, 11) is 0. The van der Waals surface area contributed by atoms with Gasteiger partial charge in [-0.25, -0.2) is 4.68 Å². The van der Waals surface area contributed by atoms with E-state index in [0.29, 0.717) is 28.1 Å². The van der Waals surface area contributed by atoms with Crippen molar-refractivity contribution < 1.29 is 9.59 Å². The summed E-state index contributed by atoms with van der Waals surface area (Å²) in [6.07, 6.45) is 0.803. The molecule has 190 valence electrons. The maximum Gasteiger partial charge on any atom is 0.240 e. The molecule has 0 aliphatic carbocycles. The Bertz CT molecular complexity index is 1440. The highest BCUT2D eigenvalue weighted by Gasteiger charge is 2.38. The van der Waals surface area contributed by atoms with E-state index in [1.807, 2.05) is 66.9 Å². The van der Waals surface area contributed by atoms with Gasteiger partial charge in [0.2, 0.25) is 11.8 Å². The lowest BCUT2D eigenvalue weighted by atomic mass is 10.0. The van der Waals surface area contributed by atoms with E-state index in [4.69, 9.17) is 28.3 Å². The van der Waals surface area contributed by atoms with Crippen LogP contribution in [-0.4, -0.2) is 40.4 Å². The second-order valence-electron chi connectivity index (χ2n) is 8.50. The highest BCUT2D eigenvalue weighted by Crippen LogP contribution is 2.49. The number of aromatic nitrogens is 2. The molecule has 6 nitrogen and oxygen atoms in total. The normalized spacial score (nSPS) is 15.4. The number of carbonyl (C=O) groups excluding carboxylic acids is 2. The van der Waals surface area contributed by atoms with Crippen molar-refractivity contribution >= 4 is 63.9 Å². The number of carbonyl (C=O) groups is 2. The zero-order valence-electron chi connectivity index (χ0n) is 20.0. The molecule has 1 N–H and O–H groups in total. The van der Waals surface area contributed by atoms with Crippen LogP contribution in [0.3, 0.4) is 0 Å². The van der Waals surface area contributed by atoms with Crippen LogP contribution in [-0.2, 0) is 9.59 Å². The fraction of sp³-hybridized carbons (Fsp3) is 0.222. The highest BCUT2D eigenvalue weighted by molar-refractivity contribution is 8.00. The Morgan fingerprint density at radius 2 is 1.97 bits per heavy atom. The van der Waals surface area contributed by atoms with Gasteiger partial charge in [0.05, 0.1) is 26.6 Å². The van der Waals surface area contributed by atoms with Gasteiger partial charge in [-0.1, -0.05) is 60.5 Å². The molecule has 0 unspecified atom stereocenters. The number of fused-ring (bicyclic) bond motifs is 1. The minimum absolute atomic E-state index is 0.116. The molecule has 1 aliphatic heterocycles. The van der Waals surface area contributed by atoms with Gasteiger partial charge in [0.15, 0.2) is 0 Å². The van der Waals surface area contributed by atoms with Crippen LogP contribution < -0.4 is 10.2 Å². The zero-order valence-corrected chi connectivity index (χ0v) is 23.1. The molecule has 1 atom stereocenters. The number of thioether (sulfide) groups is 1. The van der Waals surface area contributed by atoms with Gasteiger partial charge >= 0.3 is 0 Å². The summed E-state index contributed by atoms with van der Waals surface area (Å²) >= 11 is 16.1. The number of hydrogen-bond donors (Lipinski definition) is 1. The Kier molecular flexibility index (Phi) is 7.90. The molecule has 0 bridgehead atoms. The van der Waals surface area contributed by atoms with Gasteiger partial charge in [0.1, 0.15) is 18.1 Å². The number of halogens is 2. The van der Waals surface area contributed by atoms with Gasteiger partial charge in [-0.2, -0.15) is 5.10 Å². The van der Waals surface area contributed by atoms with Gasteiger partial charge in [-0.15, -0.1) is 23.1 Å². The number of anilines is 1. The Labute approximate surface area is 233 Å². The lowest BCUT2D eigenvalue weighted by Crippen LogP contribution is -2.42. The second-order valence-corrected chi connectivity index (χ2v) is 11.4. The Balaban J connectivity index is 1.79. The predicted octanol–water partition coefficient (Wildman–Crippen LogP) is 6.60. The van der Waals surface area contributed by atoms with Crippen molar-refractivity contribution in [3.05, 3.63) is 87.2 Å². The molecule has 3 heterocycles. The largest absolute Gasteiger partial charge is 0.355 e. The number of hydrogen-bond acceptors (Lipinski definition) is 5. The van der Waals surface area contributed by atoms with E-state index in [-0.39, 0.29) is 29.4 Å². The van der Waals surface area contributed by atoms with E-state index < -0.39 is 0 Å². The van der Waals surface area contributed by atoms with Crippen molar-refractivity contribution in [2.45, 2.75) is 18.6 Å². The smallest absolute Gasteiger partial charge is 0.240 e. The van der Waals surface area contributed by atoms with Crippen LogP contribution in [0.1, 0.15) is 29.7 Å². The summed E-state index contributed by atoms with van der Waals surface area (Å²) in [6, 6.07) is 19.0. The summed E-state index contributed by atoms with van der Waals surface area (Å²) in [6.45, 7) is 2.41. The van der Waals surface area contributed by atoms with E-state index in [1.54, 1.807) is 27.0 Å². The summed E-state index contributed by atoms with van der Waals surface area (Å²) in [5, 5.41) is 10.8. The molecule has 5 rings (SSSR count). The summed E-state index contributed by atoms with van der Waals surface area (Å²) in [4.78, 5) is 29.0. The van der Waals surface area contributed by atoms with E-state index in [1.165, 1.54) is 11.8 Å². The lowest BCUT2D eigenvalue weighted by molar-refractivity contribution is -0.122. The van der Waals surface area contributed by atoms with Gasteiger partial charge in [0, 0.05) is 17.1 Å². The van der Waals surface area contributed by atoms with Crippen LogP contribution >= 0.6 is 46.3 Å². The van der Waals surface area contributed by atoms with Crippen molar-refractivity contribution in [2.24, 2.45) is 0 Å². The Hall–Kier alpha value is -2.78. The number of thiophene rings is 1. The monoisotopic (exact) mass is 570 g/mol. The third kappa shape index (κ3) is 5.29. The molecule has 4 aromatic rings. The molecular weight excluding hydrogens is 547 g/mol. The quantitative estimate of drug-likeness (QED) is 0.271. The number of para-hydroxylation sites is 1. The minimum Gasteiger partial charge on any atom is -0.355 e. The van der Waals surface area contributed by atoms with Crippen LogP contribution in [0.5, 0.6) is 0 Å². The lowest BCUT2D eigenvalue weighted by Gasteiger charge is -2.23. The third-order valence-corrected chi connectivity index (χ3v) is 8.64. The van der Waals surface area contributed by atoms with Gasteiger partial charge < -0.3 is 5.32 Å². The predicted molar refractivity (Wildman–Crippen MR) is 153 cm³/mol. The van der Waals surface area contributed by atoms with Crippen LogP contribution in [0, 0.1) is 0 Å². The third-order valence-electron chi connectivity index (χ3n) is 5.95. The van der Waals surface area contributed by atoms with Crippen molar-refractivity contribution in [2.75, 3.05) is 23.7 Å². The molecular formula is C27H24Cl2N4O2S2. The average Bonchev–Trinajstić information content (AvgIpc) is 3.52. The zero-order chi connectivity index (χ0) is 25.9. The first-order valence-corrected chi connectivity index (χ1v) is 14.5. The molecule has 0 saturated carbocycles. The molecule has 0 saturated heterocycles. The first-order chi connectivity index (χ1) is 18.0. The number of amides is 2. The molecule has 37 heavy (non-hydrogen) atoms. The van der Waals surface area contributed by atoms with Gasteiger partial charge in [-0.05, 0) is 47.7 Å². The maximum absolute atomic E-state index is 13.6. The van der Waals surface area contributed by atoms with E-state index in [2.05, 4.69) is 5.32 Å². The second kappa shape index (κ2) is 11.3. The van der Waals surface area contributed by atoms with Crippen LogP contribution in [0.25, 0.3) is 16.3 Å². The molecule has 10 heteroatoms. The molecule has 1 aliphatic rings. The van der Waals surface area contributed by atoms with Gasteiger partial charge in [0.25, 0.3) is 0 Å². The molecule has 2 amide bonds. The Morgan fingerprint density at radius 1 is 1.14 bits per heavy atom. The van der Waals surface area contributed by atoms with Crippen molar-refractivity contribution in [1.29, 1.82) is 0 Å². The summed E-state index contributed by atoms with van der Waals surface area (Å²) in [5.41, 5.74) is 3.19. The standard InChI is InChI=1S/C27H24Cl2N4O2S2/c1-2-12-30-22(34)15-32-23(35)16-37-26(17-7-5-8-18(28)14-17)24-25(21-11-6-13-36-21)31-33(27(24)32)20-10-4-3-9-19(20)29/h3-11,13-14,26H,2,12,15-16H2,1H3,(H,30,34)/t26-/m0/s1. The SMILES string of the molecule is CCCNC(=O)CN1C(=O)CS[C@@H](c2cccc(Cl)c2)c2c(-c3cccs3)nn(-c3ccccc3Cl)c21. The topological polar surface area (TPSA) is 67.2 Å². The summed E-state index contributed by atoms with van der Waals surface area (Å²) in [5.74, 6) is 0.340. The first-order valence-electron chi connectivity index (χ1n) is 11.8. The maximum atomic E-state index is 13.6. The van der Waals surface area contributed by atoms with Gasteiger partial charge in [-0.3, -0.25) is 14.5 Å². The van der Waals surface area contributed by atoms with E-state index in [9.17, 15) is 9.59 Å². The van der Waals surface area contributed by atoms with Crippen LogP contribution in [0.15, 0.2) is 66.0 Å². The Morgan fingerprint density at radius 3 is 2.70 bits per heavy atom. The summed E-state index contributed by atoms with van der Waals surface area (Å²) < 4.78 is 1.71. The molecule has 2 aromatic carbocycles. The average molecular weight is 572 g/mol. The molecule has 0 spiro atoms. The number of nitrogens with zero attached hydrogens (tertiary/aromatic N) is 3. The minimum atomic E-state index is -0.241. The van der Waals surface area contributed by atoms with Crippen LogP contribution in [0.2, 0.25) is 10.0 Å². The fourth-order valence-electron chi connectivity index (χ4n) is 4.30. The molecule has 0 radical (unpaired) electrons. The molecule has 2 aromatic heterocycles. The van der Waals surface area contributed by atoms with Crippen molar-refractivity contribution in [3.8, 4) is 16.3 Å². The number of benzene rings is 2. The number of nitrogens with one attached hydrogen (secondary N) is 1. The van der Waals surface area contributed by atoms with Crippen LogP contribution in [0.4, 0.5) is 5.82 Å². The highest BCUT2D eigenvalue weighted by atomic mass is 35.5. The van der Waals surface area contributed by atoms with Crippen molar-refractivity contribution in [3.63, 3.8) is 0 Å². The fourth-order valence-corrected chi connectivity index (χ4v) is 6.63. The van der Waals surface area contributed by atoms with E-state index in [0.717, 1.165) is 28.1 Å².